The van der Waals surface area contributed by atoms with Crippen LogP contribution in [0.4, 0.5) is 0 Å². The maximum Gasteiger partial charge on any atom is 0.213 e. The molecule has 1 aromatic heterocycles. The van der Waals surface area contributed by atoms with E-state index < -0.39 is 10.0 Å². The van der Waals surface area contributed by atoms with Crippen molar-refractivity contribution in [3.05, 3.63) is 59.3 Å². The lowest BCUT2D eigenvalue weighted by atomic mass is 10.0. The van der Waals surface area contributed by atoms with Crippen LogP contribution in [-0.2, 0) is 16.4 Å². The molecule has 0 unspecified atom stereocenters. The summed E-state index contributed by atoms with van der Waals surface area (Å²) in [5.74, 6) is 1.37. The largest absolute Gasteiger partial charge is 0.490 e. The molecule has 37 heavy (non-hydrogen) atoms. The quantitative estimate of drug-likeness (QED) is 0.414. The second kappa shape index (κ2) is 10.5. The lowest BCUT2D eigenvalue weighted by Crippen LogP contribution is -2.47. The smallest absolute Gasteiger partial charge is 0.213 e. The topological polar surface area (TPSA) is 95.3 Å². The molecule has 2 heterocycles. The fourth-order valence-corrected chi connectivity index (χ4v) is 7.44. The number of ether oxygens (including phenoxy) is 1. The van der Waals surface area contributed by atoms with Gasteiger partial charge < -0.3 is 9.64 Å². The summed E-state index contributed by atoms with van der Waals surface area (Å²) in [7, 11) is -3.36. The number of likely N-dealkylation sites (tertiary alicyclic amines) is 1. The molecular weight excluding hydrogens is 504 g/mol. The second-order valence-corrected chi connectivity index (χ2v) is 13.2. The Hall–Kier alpha value is -2.77. The number of nitrogens with one attached hydrogen (secondary N) is 1. The molecule has 1 aliphatic heterocycles. The summed E-state index contributed by atoms with van der Waals surface area (Å²) in [5, 5.41) is 10.4. The van der Waals surface area contributed by atoms with Crippen LogP contribution in [0.2, 0.25) is 0 Å². The molecule has 1 atom stereocenters. The Morgan fingerprint density at radius 3 is 2.81 bits per heavy atom. The van der Waals surface area contributed by atoms with E-state index >= 15 is 0 Å². The molecule has 194 valence electrons. The van der Waals surface area contributed by atoms with Gasteiger partial charge in [-0.3, -0.25) is 0 Å². The molecule has 1 saturated heterocycles. The van der Waals surface area contributed by atoms with Crippen LogP contribution < -0.4 is 9.46 Å². The van der Waals surface area contributed by atoms with Crippen molar-refractivity contribution in [2.45, 2.75) is 45.8 Å². The Balaban J connectivity index is 1.33. The van der Waals surface area contributed by atoms with Gasteiger partial charge in [0.1, 0.15) is 16.8 Å². The summed E-state index contributed by atoms with van der Waals surface area (Å²) < 4.78 is 34.3. The Kier molecular flexibility index (Phi) is 7.37. The first-order chi connectivity index (χ1) is 17.7. The number of sulfonamides is 1. The summed E-state index contributed by atoms with van der Waals surface area (Å²) in [6, 6.07) is 13.7. The molecule has 0 spiro atoms. The minimum absolute atomic E-state index is 0.0118. The van der Waals surface area contributed by atoms with E-state index in [-0.39, 0.29) is 17.9 Å². The highest BCUT2D eigenvalue weighted by Gasteiger charge is 2.30. The molecule has 2 aliphatic rings. The summed E-state index contributed by atoms with van der Waals surface area (Å²) in [4.78, 5) is 7.87. The number of nitriles is 1. The van der Waals surface area contributed by atoms with Crippen molar-refractivity contribution in [1.29, 1.82) is 5.26 Å². The second-order valence-electron chi connectivity index (χ2n) is 10.3. The lowest BCUT2D eigenvalue weighted by Gasteiger charge is -2.37. The van der Waals surface area contributed by atoms with Gasteiger partial charge in [0.15, 0.2) is 0 Å². The van der Waals surface area contributed by atoms with Gasteiger partial charge in [0.2, 0.25) is 10.0 Å². The fraction of sp³-hybridized carbons (Fsp3) is 0.429. The van der Waals surface area contributed by atoms with E-state index in [1.54, 1.807) is 11.3 Å². The van der Waals surface area contributed by atoms with Crippen LogP contribution in [0.1, 0.15) is 49.9 Å². The van der Waals surface area contributed by atoms with E-state index in [9.17, 15) is 13.7 Å². The van der Waals surface area contributed by atoms with Gasteiger partial charge in [-0.1, -0.05) is 25.1 Å². The van der Waals surface area contributed by atoms with Gasteiger partial charge in [-0.25, -0.2) is 18.1 Å². The van der Waals surface area contributed by atoms with Crippen molar-refractivity contribution in [1.82, 2.24) is 14.6 Å². The summed E-state index contributed by atoms with van der Waals surface area (Å²) in [6.45, 7) is 8.60. The van der Waals surface area contributed by atoms with Gasteiger partial charge in [-0.05, 0) is 67.5 Å². The molecule has 1 fully saturated rings. The van der Waals surface area contributed by atoms with Crippen molar-refractivity contribution in [3.63, 3.8) is 0 Å². The lowest BCUT2D eigenvalue weighted by molar-refractivity contribution is 0.121. The highest BCUT2D eigenvalue weighted by atomic mass is 32.2. The standard InChI is InChI=1S/C28H32N4O3S2/c1-18(2)35-26-10-7-20(13-21(26)14-29)28-30-15-27(36-28)24-6-4-5-23-22(24)8-9-25(23)31-37(33,34)12-11-32-16-19(3)17-32/h4-7,10,13,15,18-19,25,31H,8-9,11-12,16-17H2,1-3H3/t25-/m1/s1. The molecular formula is C28H32N4O3S2. The van der Waals surface area contributed by atoms with Crippen LogP contribution in [0.15, 0.2) is 42.6 Å². The number of hydrogen-bond donors (Lipinski definition) is 1. The zero-order chi connectivity index (χ0) is 26.2. The van der Waals surface area contributed by atoms with Gasteiger partial charge in [0.25, 0.3) is 0 Å². The third kappa shape index (κ3) is 5.73. The fourth-order valence-electron chi connectivity index (χ4n) is 5.18. The first kappa shape index (κ1) is 25.9. The van der Waals surface area contributed by atoms with E-state index in [0.717, 1.165) is 52.5 Å². The number of nitrogens with zero attached hydrogens (tertiary/aromatic N) is 3. The van der Waals surface area contributed by atoms with Crippen molar-refractivity contribution < 1.29 is 13.2 Å². The number of hydrogen-bond acceptors (Lipinski definition) is 7. The van der Waals surface area contributed by atoms with E-state index in [0.29, 0.717) is 23.8 Å². The molecule has 7 nitrogen and oxygen atoms in total. The van der Waals surface area contributed by atoms with Crippen molar-refractivity contribution in [3.8, 4) is 32.8 Å². The number of rotatable bonds is 9. The Labute approximate surface area is 223 Å². The normalized spacial score (nSPS) is 18.0. The molecule has 1 N–H and O–H groups in total. The maximum absolute atomic E-state index is 12.8. The molecule has 2 aromatic carbocycles. The zero-order valence-electron chi connectivity index (χ0n) is 21.4. The first-order valence-electron chi connectivity index (χ1n) is 12.7. The van der Waals surface area contributed by atoms with Crippen molar-refractivity contribution >= 4 is 21.4 Å². The Morgan fingerprint density at radius 1 is 1.27 bits per heavy atom. The van der Waals surface area contributed by atoms with E-state index in [4.69, 9.17) is 4.74 Å². The highest BCUT2D eigenvalue weighted by Crippen LogP contribution is 2.41. The number of thiazole rings is 1. The van der Waals surface area contributed by atoms with E-state index in [1.165, 1.54) is 5.56 Å². The Morgan fingerprint density at radius 2 is 2.08 bits per heavy atom. The van der Waals surface area contributed by atoms with Gasteiger partial charge >= 0.3 is 0 Å². The van der Waals surface area contributed by atoms with Gasteiger partial charge in [-0.2, -0.15) is 5.26 Å². The minimum atomic E-state index is -3.36. The number of benzene rings is 2. The van der Waals surface area contributed by atoms with Crippen LogP contribution in [0.5, 0.6) is 5.75 Å². The number of aromatic nitrogens is 1. The van der Waals surface area contributed by atoms with E-state index in [1.807, 2.05) is 50.4 Å². The third-order valence-corrected chi connectivity index (χ3v) is 9.33. The molecule has 0 saturated carbocycles. The molecule has 1 aliphatic carbocycles. The van der Waals surface area contributed by atoms with Gasteiger partial charge in [-0.15, -0.1) is 11.3 Å². The average molecular weight is 537 g/mol. The molecule has 3 aromatic rings. The predicted octanol–water partition coefficient (Wildman–Crippen LogP) is 4.99. The van der Waals surface area contributed by atoms with Gasteiger partial charge in [0.05, 0.1) is 22.3 Å². The molecule has 9 heteroatoms. The third-order valence-electron chi connectivity index (χ3n) is 6.89. The average Bonchev–Trinajstić information content (AvgIpc) is 3.49. The summed E-state index contributed by atoms with van der Waals surface area (Å²) >= 11 is 1.57. The van der Waals surface area contributed by atoms with Crippen LogP contribution >= 0.6 is 11.3 Å². The van der Waals surface area contributed by atoms with Crippen molar-refractivity contribution in [2.75, 3.05) is 25.4 Å². The highest BCUT2D eigenvalue weighted by molar-refractivity contribution is 7.89. The molecule has 0 amide bonds. The Bertz CT molecular complexity index is 1440. The van der Waals surface area contributed by atoms with Crippen LogP contribution in [0.25, 0.3) is 21.0 Å². The maximum atomic E-state index is 12.8. The summed E-state index contributed by atoms with van der Waals surface area (Å²) in [5.41, 5.74) is 4.69. The predicted molar refractivity (Wildman–Crippen MR) is 147 cm³/mol. The zero-order valence-corrected chi connectivity index (χ0v) is 23.0. The van der Waals surface area contributed by atoms with Gasteiger partial charge in [0, 0.05) is 37.4 Å². The molecule has 0 radical (unpaired) electrons. The monoisotopic (exact) mass is 536 g/mol. The minimum Gasteiger partial charge on any atom is -0.490 e. The molecule has 5 rings (SSSR count). The van der Waals surface area contributed by atoms with Crippen molar-refractivity contribution in [2.24, 2.45) is 5.92 Å². The van der Waals surface area contributed by atoms with Crippen LogP contribution in [0.3, 0.4) is 0 Å². The summed E-state index contributed by atoms with van der Waals surface area (Å²) in [6.07, 6.45) is 3.42. The number of fused-ring (bicyclic) bond motifs is 1. The SMILES string of the molecule is CC1CN(CCS(=O)(=O)N[C@@H]2CCc3c(-c4cnc(-c5ccc(OC(C)C)c(C#N)c5)s4)cccc32)C1. The first-order valence-corrected chi connectivity index (χ1v) is 15.2. The van der Waals surface area contributed by atoms with Crippen LogP contribution in [0, 0.1) is 17.2 Å². The van der Waals surface area contributed by atoms with E-state index in [2.05, 4.69) is 33.7 Å². The molecule has 0 bridgehead atoms. The van der Waals surface area contributed by atoms with Crippen LogP contribution in [-0.4, -0.2) is 49.8 Å².